The van der Waals surface area contributed by atoms with Crippen LogP contribution >= 0.6 is 0 Å². The van der Waals surface area contributed by atoms with Gasteiger partial charge in [-0.1, -0.05) is 13.8 Å². The quantitative estimate of drug-likeness (QED) is 0.731. The molecule has 0 unspecified atom stereocenters. The van der Waals surface area contributed by atoms with E-state index in [4.69, 9.17) is 0 Å². The normalized spacial score (nSPS) is 11.2. The summed E-state index contributed by atoms with van der Waals surface area (Å²) in [5.41, 5.74) is 6.29. The first kappa shape index (κ1) is 10.2. The van der Waals surface area contributed by atoms with Crippen molar-refractivity contribution in [2.45, 2.75) is 40.5 Å². The van der Waals surface area contributed by atoms with Gasteiger partial charge < -0.3 is 4.40 Å². The number of aryl methyl sites for hydroxylation is 4. The van der Waals surface area contributed by atoms with Gasteiger partial charge in [0.05, 0.1) is 16.9 Å². The number of nitrogens with zero attached hydrogens (tertiary/aromatic N) is 2. The molecule has 0 radical (unpaired) electrons. The van der Waals surface area contributed by atoms with Crippen LogP contribution < -0.4 is 0 Å². The zero-order chi connectivity index (χ0) is 11.0. The molecular formula is C13H18N2. The third-order valence-corrected chi connectivity index (χ3v) is 2.93. The molecule has 15 heavy (non-hydrogen) atoms. The zero-order valence-electron chi connectivity index (χ0n) is 9.96. The molecular weight excluding hydrogens is 184 g/mol. The molecule has 0 aliphatic rings. The van der Waals surface area contributed by atoms with Crippen molar-refractivity contribution in [2.24, 2.45) is 0 Å². The second-order valence-corrected chi connectivity index (χ2v) is 4.07. The van der Waals surface area contributed by atoms with Gasteiger partial charge in [-0.05, 0) is 38.3 Å². The molecule has 0 aliphatic heterocycles. The molecule has 0 aliphatic carbocycles. The average molecular weight is 202 g/mol. The molecule has 2 rings (SSSR count). The van der Waals surface area contributed by atoms with Gasteiger partial charge in [-0.2, -0.15) is 0 Å². The first-order valence-corrected chi connectivity index (χ1v) is 5.64. The minimum atomic E-state index is 0.998. The van der Waals surface area contributed by atoms with E-state index >= 15 is 0 Å². The van der Waals surface area contributed by atoms with Crippen LogP contribution in [0.25, 0.3) is 5.52 Å². The molecule has 0 fully saturated rings. The topological polar surface area (TPSA) is 17.3 Å². The van der Waals surface area contributed by atoms with Gasteiger partial charge in [0, 0.05) is 11.9 Å². The number of aromatic nitrogens is 2. The molecule has 0 saturated carbocycles. The van der Waals surface area contributed by atoms with Crippen LogP contribution in [0.4, 0.5) is 0 Å². The molecule has 0 spiro atoms. The maximum absolute atomic E-state index is 4.68. The minimum Gasteiger partial charge on any atom is -0.317 e. The summed E-state index contributed by atoms with van der Waals surface area (Å²) in [6.07, 6.45) is 4.24. The van der Waals surface area contributed by atoms with Gasteiger partial charge in [-0.3, -0.25) is 4.98 Å². The lowest BCUT2D eigenvalue weighted by molar-refractivity contribution is 0.885. The molecule has 2 nitrogen and oxygen atoms in total. The monoisotopic (exact) mass is 202 g/mol. The predicted octanol–water partition coefficient (Wildman–Crippen LogP) is 3.08. The van der Waals surface area contributed by atoms with Crippen molar-refractivity contribution in [3.63, 3.8) is 0 Å². The third-order valence-electron chi connectivity index (χ3n) is 2.93. The van der Waals surface area contributed by atoms with Gasteiger partial charge in [0.2, 0.25) is 0 Å². The minimum absolute atomic E-state index is 0.998. The van der Waals surface area contributed by atoms with Crippen molar-refractivity contribution < 1.29 is 0 Å². The highest BCUT2D eigenvalue weighted by Gasteiger charge is 2.09. The summed E-state index contributed by atoms with van der Waals surface area (Å²) >= 11 is 0. The van der Waals surface area contributed by atoms with Crippen LogP contribution in [0.3, 0.4) is 0 Å². The fraction of sp³-hybridized carbons (Fsp3) is 0.462. The molecule has 0 N–H and O–H groups in total. The smallest absolute Gasteiger partial charge is 0.0671 e. The van der Waals surface area contributed by atoms with Crippen LogP contribution in [0.2, 0.25) is 0 Å². The van der Waals surface area contributed by atoms with Crippen LogP contribution in [0, 0.1) is 13.8 Å². The first-order chi connectivity index (χ1) is 7.17. The molecule has 0 bridgehead atoms. The van der Waals surface area contributed by atoms with Gasteiger partial charge in [0.25, 0.3) is 0 Å². The van der Waals surface area contributed by atoms with Crippen molar-refractivity contribution >= 4 is 5.52 Å². The van der Waals surface area contributed by atoms with Gasteiger partial charge in [0.15, 0.2) is 0 Å². The van der Waals surface area contributed by atoms with E-state index < -0.39 is 0 Å². The molecule has 0 aromatic carbocycles. The Labute approximate surface area is 91.0 Å². The van der Waals surface area contributed by atoms with Gasteiger partial charge in [-0.15, -0.1) is 0 Å². The van der Waals surface area contributed by atoms with E-state index in [9.17, 15) is 0 Å². The van der Waals surface area contributed by atoms with Crippen molar-refractivity contribution in [3.05, 3.63) is 34.9 Å². The molecule has 0 atom stereocenters. The summed E-state index contributed by atoms with van der Waals surface area (Å²) in [6, 6.07) is 2.23. The van der Waals surface area contributed by atoms with E-state index in [1.54, 1.807) is 0 Å². The number of hydrogen-bond donors (Lipinski definition) is 0. The van der Waals surface area contributed by atoms with E-state index in [2.05, 4.69) is 49.3 Å². The maximum Gasteiger partial charge on any atom is 0.0671 e. The largest absolute Gasteiger partial charge is 0.317 e. The second-order valence-electron chi connectivity index (χ2n) is 4.07. The molecule has 80 valence electrons. The van der Waals surface area contributed by atoms with E-state index in [1.807, 2.05) is 0 Å². The molecule has 2 aromatic heterocycles. The Kier molecular flexibility index (Phi) is 2.51. The Morgan fingerprint density at radius 2 is 1.93 bits per heavy atom. The summed E-state index contributed by atoms with van der Waals surface area (Å²) < 4.78 is 2.30. The molecule has 0 amide bonds. The molecule has 0 saturated heterocycles. The Bertz CT molecular complexity index is 495. The van der Waals surface area contributed by atoms with E-state index in [0.29, 0.717) is 0 Å². The van der Waals surface area contributed by atoms with Crippen molar-refractivity contribution in [2.75, 3.05) is 0 Å². The zero-order valence-corrected chi connectivity index (χ0v) is 9.96. The number of fused-ring (bicyclic) bond motifs is 1. The van der Waals surface area contributed by atoms with Gasteiger partial charge in [0.1, 0.15) is 0 Å². The van der Waals surface area contributed by atoms with E-state index in [0.717, 1.165) is 18.5 Å². The second kappa shape index (κ2) is 3.69. The lowest BCUT2D eigenvalue weighted by Crippen LogP contribution is -2.04. The Morgan fingerprint density at radius 1 is 1.20 bits per heavy atom. The molecule has 2 aromatic rings. The SMILES string of the molecule is CCc1nc(C)c(CC)n2cc(C)cc12. The fourth-order valence-corrected chi connectivity index (χ4v) is 2.23. The Morgan fingerprint density at radius 3 is 2.53 bits per heavy atom. The van der Waals surface area contributed by atoms with E-state index in [1.165, 1.54) is 22.5 Å². The van der Waals surface area contributed by atoms with Crippen LogP contribution in [0.5, 0.6) is 0 Å². The van der Waals surface area contributed by atoms with Crippen molar-refractivity contribution in [1.29, 1.82) is 0 Å². The lowest BCUT2D eigenvalue weighted by atomic mass is 10.2. The molecule has 2 heteroatoms. The maximum atomic E-state index is 4.68. The summed E-state index contributed by atoms with van der Waals surface area (Å²) in [5, 5.41) is 0. The number of rotatable bonds is 2. The summed E-state index contributed by atoms with van der Waals surface area (Å²) in [7, 11) is 0. The summed E-state index contributed by atoms with van der Waals surface area (Å²) in [5.74, 6) is 0. The van der Waals surface area contributed by atoms with Gasteiger partial charge >= 0.3 is 0 Å². The Balaban J connectivity index is 2.85. The van der Waals surface area contributed by atoms with Crippen LogP contribution in [0.15, 0.2) is 12.3 Å². The van der Waals surface area contributed by atoms with E-state index in [-0.39, 0.29) is 0 Å². The number of hydrogen-bond acceptors (Lipinski definition) is 1. The van der Waals surface area contributed by atoms with Crippen LogP contribution in [0.1, 0.15) is 36.5 Å². The standard InChI is InChI=1S/C13H18N2/c1-5-11-13-7-9(3)8-15(13)12(6-2)10(4)14-11/h7-8H,5-6H2,1-4H3. The third kappa shape index (κ3) is 1.54. The summed E-state index contributed by atoms with van der Waals surface area (Å²) in [6.45, 7) is 8.59. The Hall–Kier alpha value is -1.31. The average Bonchev–Trinajstić information content (AvgIpc) is 2.58. The van der Waals surface area contributed by atoms with Crippen molar-refractivity contribution in [3.8, 4) is 0 Å². The highest BCUT2D eigenvalue weighted by Crippen LogP contribution is 2.18. The van der Waals surface area contributed by atoms with Crippen LogP contribution in [-0.4, -0.2) is 9.38 Å². The van der Waals surface area contributed by atoms with Gasteiger partial charge in [-0.25, -0.2) is 0 Å². The highest BCUT2D eigenvalue weighted by molar-refractivity contribution is 5.56. The molecule has 2 heterocycles. The van der Waals surface area contributed by atoms with Crippen LogP contribution in [-0.2, 0) is 12.8 Å². The highest BCUT2D eigenvalue weighted by atomic mass is 14.9. The summed E-state index contributed by atoms with van der Waals surface area (Å²) in [4.78, 5) is 4.68. The fourth-order valence-electron chi connectivity index (χ4n) is 2.23. The predicted molar refractivity (Wildman–Crippen MR) is 63.4 cm³/mol. The lowest BCUT2D eigenvalue weighted by Gasteiger charge is -2.10. The first-order valence-electron chi connectivity index (χ1n) is 5.64. The van der Waals surface area contributed by atoms with Crippen molar-refractivity contribution in [1.82, 2.24) is 9.38 Å².